The highest BCUT2D eigenvalue weighted by Gasteiger charge is 2.19. The molecule has 5 nitrogen and oxygen atoms in total. The number of nitrogens with one attached hydrogen (secondary N) is 1. The minimum Gasteiger partial charge on any atom is -0.343 e. The lowest BCUT2D eigenvalue weighted by atomic mass is 10.0. The number of hydrogen-bond donors (Lipinski definition) is 1. The van der Waals surface area contributed by atoms with Gasteiger partial charge in [-0.3, -0.25) is 14.2 Å². The fourth-order valence-corrected chi connectivity index (χ4v) is 4.34. The maximum absolute atomic E-state index is 13.0. The Kier molecular flexibility index (Phi) is 5.77. The Bertz CT molecular complexity index is 1230. The van der Waals surface area contributed by atoms with Crippen LogP contribution in [0.4, 0.5) is 0 Å². The minimum atomic E-state index is -0.257. The first-order valence-corrected chi connectivity index (χ1v) is 10.8. The van der Waals surface area contributed by atoms with E-state index in [9.17, 15) is 9.59 Å². The lowest BCUT2D eigenvalue weighted by Crippen LogP contribution is -2.36. The first-order valence-electron chi connectivity index (χ1n) is 9.94. The molecule has 1 N–H and O–H groups in total. The van der Waals surface area contributed by atoms with E-state index in [4.69, 9.17) is 0 Å². The summed E-state index contributed by atoms with van der Waals surface area (Å²) in [5, 5.41) is 5.62. The SMILES string of the molecule is CCc1ccc(C(NC(=O)Cn2c(C)nc3ccccc3c2=O)c2cccs2)cc1. The van der Waals surface area contributed by atoms with Crippen LogP contribution in [0.5, 0.6) is 0 Å². The molecule has 0 saturated heterocycles. The summed E-state index contributed by atoms with van der Waals surface area (Å²) in [6.45, 7) is 3.80. The first kappa shape index (κ1) is 20.0. The van der Waals surface area contributed by atoms with Crippen LogP contribution < -0.4 is 10.9 Å². The molecule has 4 aromatic rings. The monoisotopic (exact) mass is 417 g/mol. The van der Waals surface area contributed by atoms with Crippen molar-refractivity contribution < 1.29 is 4.79 Å². The van der Waals surface area contributed by atoms with Gasteiger partial charge in [0.1, 0.15) is 12.4 Å². The summed E-state index contributed by atoms with van der Waals surface area (Å²) < 4.78 is 1.43. The van der Waals surface area contributed by atoms with Gasteiger partial charge in [0.25, 0.3) is 5.56 Å². The maximum atomic E-state index is 13.0. The fourth-order valence-electron chi connectivity index (χ4n) is 3.54. The molecular weight excluding hydrogens is 394 g/mol. The summed E-state index contributed by atoms with van der Waals surface area (Å²) in [7, 11) is 0. The molecule has 0 bridgehead atoms. The molecule has 0 aliphatic rings. The van der Waals surface area contributed by atoms with E-state index in [-0.39, 0.29) is 24.1 Å². The number of para-hydroxylation sites is 1. The van der Waals surface area contributed by atoms with E-state index in [2.05, 4.69) is 41.5 Å². The fraction of sp³-hybridized carbons (Fsp3) is 0.208. The molecule has 0 aliphatic carbocycles. The number of amides is 1. The highest BCUT2D eigenvalue weighted by atomic mass is 32.1. The average molecular weight is 418 g/mol. The molecular formula is C24H23N3O2S. The quantitative estimate of drug-likeness (QED) is 0.510. The van der Waals surface area contributed by atoms with Crippen molar-refractivity contribution in [1.29, 1.82) is 0 Å². The highest BCUT2D eigenvalue weighted by Crippen LogP contribution is 2.26. The molecule has 0 aliphatic heterocycles. The number of aryl methyl sites for hydroxylation is 2. The van der Waals surface area contributed by atoms with Crippen molar-refractivity contribution in [1.82, 2.24) is 14.9 Å². The molecule has 4 rings (SSSR count). The van der Waals surface area contributed by atoms with Gasteiger partial charge in [-0.2, -0.15) is 0 Å². The van der Waals surface area contributed by atoms with Crippen molar-refractivity contribution in [3.63, 3.8) is 0 Å². The molecule has 0 radical (unpaired) electrons. The number of fused-ring (bicyclic) bond motifs is 1. The molecule has 1 unspecified atom stereocenters. The van der Waals surface area contributed by atoms with E-state index in [0.29, 0.717) is 16.7 Å². The van der Waals surface area contributed by atoms with Crippen LogP contribution >= 0.6 is 11.3 Å². The zero-order chi connectivity index (χ0) is 21.1. The number of benzene rings is 2. The van der Waals surface area contributed by atoms with Gasteiger partial charge in [0.05, 0.1) is 16.9 Å². The molecule has 6 heteroatoms. The van der Waals surface area contributed by atoms with E-state index in [1.54, 1.807) is 36.5 Å². The molecule has 1 amide bonds. The van der Waals surface area contributed by atoms with Gasteiger partial charge in [0, 0.05) is 4.88 Å². The largest absolute Gasteiger partial charge is 0.343 e. The third-order valence-corrected chi connectivity index (χ3v) is 6.15. The van der Waals surface area contributed by atoms with E-state index >= 15 is 0 Å². The number of thiophene rings is 1. The molecule has 30 heavy (non-hydrogen) atoms. The lowest BCUT2D eigenvalue weighted by Gasteiger charge is -2.19. The van der Waals surface area contributed by atoms with Crippen molar-refractivity contribution >= 4 is 28.1 Å². The van der Waals surface area contributed by atoms with Gasteiger partial charge in [0.2, 0.25) is 5.91 Å². The number of rotatable bonds is 6. The van der Waals surface area contributed by atoms with E-state index in [1.165, 1.54) is 10.1 Å². The van der Waals surface area contributed by atoms with Crippen LogP contribution in [-0.2, 0) is 17.8 Å². The molecule has 2 heterocycles. The van der Waals surface area contributed by atoms with Crippen molar-refractivity contribution in [2.24, 2.45) is 0 Å². The number of carbonyl (C=O) groups is 1. The maximum Gasteiger partial charge on any atom is 0.261 e. The Balaban J connectivity index is 1.62. The number of aromatic nitrogens is 2. The summed E-state index contributed by atoms with van der Waals surface area (Å²) in [6, 6.07) is 19.2. The zero-order valence-corrected chi connectivity index (χ0v) is 17.8. The topological polar surface area (TPSA) is 64.0 Å². The normalized spacial score (nSPS) is 12.1. The Morgan fingerprint density at radius 2 is 1.87 bits per heavy atom. The third kappa shape index (κ3) is 4.04. The van der Waals surface area contributed by atoms with E-state index in [0.717, 1.165) is 16.9 Å². The van der Waals surface area contributed by atoms with Gasteiger partial charge >= 0.3 is 0 Å². The average Bonchev–Trinajstić information content (AvgIpc) is 3.30. The number of hydrogen-bond acceptors (Lipinski definition) is 4. The Hall–Kier alpha value is -3.25. The molecule has 0 spiro atoms. The van der Waals surface area contributed by atoms with Crippen molar-refractivity contribution in [2.75, 3.05) is 0 Å². The van der Waals surface area contributed by atoms with Crippen LogP contribution in [0, 0.1) is 6.92 Å². The molecule has 0 fully saturated rings. The molecule has 1 atom stereocenters. The van der Waals surface area contributed by atoms with Gasteiger partial charge in [-0.1, -0.05) is 49.4 Å². The molecule has 2 aromatic heterocycles. The van der Waals surface area contributed by atoms with Crippen LogP contribution in [0.2, 0.25) is 0 Å². The first-order chi connectivity index (χ1) is 14.6. The third-order valence-electron chi connectivity index (χ3n) is 5.21. The molecule has 2 aromatic carbocycles. The number of nitrogens with zero attached hydrogens (tertiary/aromatic N) is 2. The van der Waals surface area contributed by atoms with Crippen LogP contribution in [0.3, 0.4) is 0 Å². The second kappa shape index (κ2) is 8.63. The highest BCUT2D eigenvalue weighted by molar-refractivity contribution is 7.10. The van der Waals surface area contributed by atoms with Gasteiger partial charge in [0.15, 0.2) is 0 Å². The molecule has 152 valence electrons. The minimum absolute atomic E-state index is 0.0720. The summed E-state index contributed by atoms with van der Waals surface area (Å²) in [5.74, 6) is 0.295. The van der Waals surface area contributed by atoms with Crippen LogP contribution in [-0.4, -0.2) is 15.5 Å². The summed E-state index contributed by atoms with van der Waals surface area (Å²) in [5.41, 5.74) is 2.71. The van der Waals surface area contributed by atoms with Crippen molar-refractivity contribution in [3.05, 3.63) is 98.2 Å². The smallest absolute Gasteiger partial charge is 0.261 e. The van der Waals surface area contributed by atoms with Gasteiger partial charge in [-0.15, -0.1) is 11.3 Å². The van der Waals surface area contributed by atoms with Gasteiger partial charge in [-0.05, 0) is 48.1 Å². The van der Waals surface area contributed by atoms with E-state index < -0.39 is 0 Å². The van der Waals surface area contributed by atoms with Gasteiger partial charge in [-0.25, -0.2) is 4.98 Å². The van der Waals surface area contributed by atoms with Gasteiger partial charge < -0.3 is 5.32 Å². The lowest BCUT2D eigenvalue weighted by molar-refractivity contribution is -0.122. The Labute approximate surface area is 179 Å². The Morgan fingerprint density at radius 1 is 1.10 bits per heavy atom. The van der Waals surface area contributed by atoms with Crippen LogP contribution in [0.25, 0.3) is 10.9 Å². The van der Waals surface area contributed by atoms with E-state index in [1.807, 2.05) is 23.6 Å². The number of carbonyl (C=O) groups excluding carboxylic acids is 1. The summed E-state index contributed by atoms with van der Waals surface area (Å²) in [4.78, 5) is 31.4. The second-order valence-corrected chi connectivity index (χ2v) is 8.16. The predicted octanol–water partition coefficient (Wildman–Crippen LogP) is 4.23. The predicted molar refractivity (Wildman–Crippen MR) is 121 cm³/mol. The Morgan fingerprint density at radius 3 is 2.57 bits per heavy atom. The standard InChI is InChI=1S/C24H23N3O2S/c1-3-17-10-12-18(13-11-17)23(21-9-6-14-30-21)26-22(28)15-27-16(2)25-20-8-5-4-7-19(20)24(27)29/h4-14,23H,3,15H2,1-2H3,(H,26,28). The molecule has 0 saturated carbocycles. The van der Waals surface area contributed by atoms with Crippen molar-refractivity contribution in [2.45, 2.75) is 32.9 Å². The zero-order valence-electron chi connectivity index (χ0n) is 17.0. The summed E-state index contributed by atoms with van der Waals surface area (Å²) >= 11 is 1.60. The van der Waals surface area contributed by atoms with Crippen LogP contribution in [0.1, 0.15) is 34.8 Å². The van der Waals surface area contributed by atoms with Crippen LogP contribution in [0.15, 0.2) is 70.8 Å². The second-order valence-electron chi connectivity index (χ2n) is 7.18. The van der Waals surface area contributed by atoms with Crippen molar-refractivity contribution in [3.8, 4) is 0 Å². The summed E-state index contributed by atoms with van der Waals surface area (Å²) in [6.07, 6.45) is 0.966.